The van der Waals surface area contributed by atoms with Crippen LogP contribution in [0.4, 0.5) is 34.1 Å². The maximum absolute atomic E-state index is 3.91. The summed E-state index contributed by atoms with van der Waals surface area (Å²) in [5.41, 5.74) is 14.8. The lowest BCUT2D eigenvalue weighted by Gasteiger charge is -2.28. The first-order chi connectivity index (χ1) is 28.7. The lowest BCUT2D eigenvalue weighted by atomic mass is 10.0. The van der Waals surface area contributed by atoms with Crippen LogP contribution in [-0.2, 0) is 0 Å². The molecule has 0 saturated heterocycles. The summed E-state index contributed by atoms with van der Waals surface area (Å²) in [4.78, 5) is 4.69. The zero-order chi connectivity index (χ0) is 39.1. The SMILES string of the molecule is C=C/C=C\c1ccccc1N(c1ccc(-c2ccccc2)cc1)c1ccc(-c2ccc(N(c3ccc(-c4ccccc4)cc3)c3cccc4ccccc34)cc2)cc1. The summed E-state index contributed by atoms with van der Waals surface area (Å²) >= 11 is 0. The average molecular weight is 743 g/mol. The van der Waals surface area contributed by atoms with E-state index in [0.29, 0.717) is 0 Å². The van der Waals surface area contributed by atoms with Crippen molar-refractivity contribution in [2.45, 2.75) is 0 Å². The van der Waals surface area contributed by atoms with Crippen LogP contribution in [0.25, 0.3) is 50.2 Å². The molecule has 0 heterocycles. The predicted molar refractivity (Wildman–Crippen MR) is 249 cm³/mol. The number of rotatable bonds is 11. The minimum atomic E-state index is 1.08. The van der Waals surface area contributed by atoms with Gasteiger partial charge in [0.2, 0.25) is 0 Å². The molecule has 9 aromatic carbocycles. The number of para-hydroxylation sites is 1. The average Bonchev–Trinajstić information content (AvgIpc) is 3.30. The Bertz CT molecular complexity index is 2800. The highest BCUT2D eigenvalue weighted by Gasteiger charge is 2.18. The fourth-order valence-electron chi connectivity index (χ4n) is 7.73. The summed E-state index contributed by atoms with van der Waals surface area (Å²) in [6.45, 7) is 3.91. The van der Waals surface area contributed by atoms with E-state index in [0.717, 1.165) is 50.8 Å². The summed E-state index contributed by atoms with van der Waals surface area (Å²) in [6, 6.07) is 80.3. The van der Waals surface area contributed by atoms with Gasteiger partial charge in [-0.2, -0.15) is 0 Å². The van der Waals surface area contributed by atoms with E-state index >= 15 is 0 Å². The van der Waals surface area contributed by atoms with Gasteiger partial charge in [-0.3, -0.25) is 0 Å². The highest BCUT2D eigenvalue weighted by atomic mass is 15.1. The van der Waals surface area contributed by atoms with E-state index in [1.165, 1.54) is 33.0 Å². The number of nitrogens with zero attached hydrogens (tertiary/aromatic N) is 2. The Morgan fingerprint density at radius 3 is 1.16 bits per heavy atom. The molecule has 0 spiro atoms. The fourth-order valence-corrected chi connectivity index (χ4v) is 7.73. The van der Waals surface area contributed by atoms with Crippen LogP contribution in [0.3, 0.4) is 0 Å². The molecule has 0 amide bonds. The molecule has 0 fully saturated rings. The Morgan fingerprint density at radius 1 is 0.310 bits per heavy atom. The first kappa shape index (κ1) is 36.0. The molecule has 0 aliphatic heterocycles. The first-order valence-electron chi connectivity index (χ1n) is 19.7. The normalized spacial score (nSPS) is 11.1. The van der Waals surface area contributed by atoms with Gasteiger partial charge in [-0.1, -0.05) is 189 Å². The van der Waals surface area contributed by atoms with Gasteiger partial charge in [-0.05, 0) is 105 Å². The van der Waals surface area contributed by atoms with Crippen LogP contribution in [0.2, 0.25) is 0 Å². The topological polar surface area (TPSA) is 6.48 Å². The minimum absolute atomic E-state index is 1.08. The standard InChI is InChI=1S/C56H42N2/c1-2-3-15-49-21-11-13-24-55(49)57(50-34-26-44(27-35-50)42-16-6-4-7-17-42)51-36-30-46(31-37-51)47-32-40-53(41-33-47)58(56-25-14-22-48-20-10-12-23-54(48)56)52-38-28-45(29-39-52)43-18-8-5-9-19-43/h2-41H,1H2/b15-3-. The number of allylic oxidation sites excluding steroid dienone is 2. The van der Waals surface area contributed by atoms with Gasteiger partial charge < -0.3 is 9.80 Å². The van der Waals surface area contributed by atoms with Gasteiger partial charge in [0.15, 0.2) is 0 Å². The first-order valence-corrected chi connectivity index (χ1v) is 19.7. The number of fused-ring (bicyclic) bond motifs is 1. The van der Waals surface area contributed by atoms with E-state index < -0.39 is 0 Å². The molecule has 2 nitrogen and oxygen atoms in total. The molecule has 58 heavy (non-hydrogen) atoms. The minimum Gasteiger partial charge on any atom is -0.310 e. The zero-order valence-corrected chi connectivity index (χ0v) is 32.2. The van der Waals surface area contributed by atoms with E-state index in [1.807, 2.05) is 12.2 Å². The van der Waals surface area contributed by atoms with Crippen LogP contribution in [0.1, 0.15) is 5.56 Å². The van der Waals surface area contributed by atoms with E-state index in [2.05, 4.69) is 247 Å². The Kier molecular flexibility index (Phi) is 10.3. The lowest BCUT2D eigenvalue weighted by molar-refractivity contribution is 1.28. The van der Waals surface area contributed by atoms with Crippen molar-refractivity contribution < 1.29 is 0 Å². The summed E-state index contributed by atoms with van der Waals surface area (Å²) in [6.07, 6.45) is 5.92. The smallest absolute Gasteiger partial charge is 0.0540 e. The molecule has 0 saturated carbocycles. The molecule has 0 aromatic heterocycles. The predicted octanol–water partition coefficient (Wildman–Crippen LogP) is 16.0. The van der Waals surface area contributed by atoms with Crippen molar-refractivity contribution in [1.29, 1.82) is 0 Å². The van der Waals surface area contributed by atoms with Crippen LogP contribution in [-0.4, -0.2) is 0 Å². The van der Waals surface area contributed by atoms with E-state index in [-0.39, 0.29) is 0 Å². The third-order valence-corrected chi connectivity index (χ3v) is 10.6. The van der Waals surface area contributed by atoms with Crippen LogP contribution in [0.5, 0.6) is 0 Å². The van der Waals surface area contributed by atoms with Gasteiger partial charge in [0.25, 0.3) is 0 Å². The Morgan fingerprint density at radius 2 is 0.672 bits per heavy atom. The van der Waals surface area contributed by atoms with E-state index in [4.69, 9.17) is 0 Å². The largest absolute Gasteiger partial charge is 0.310 e. The van der Waals surface area contributed by atoms with Crippen LogP contribution < -0.4 is 9.80 Å². The van der Waals surface area contributed by atoms with Gasteiger partial charge in [-0.25, -0.2) is 0 Å². The van der Waals surface area contributed by atoms with Gasteiger partial charge in [-0.15, -0.1) is 0 Å². The molecule has 0 radical (unpaired) electrons. The second kappa shape index (κ2) is 16.6. The molecule has 0 atom stereocenters. The maximum atomic E-state index is 3.91. The van der Waals surface area contributed by atoms with Crippen molar-refractivity contribution >= 4 is 51.0 Å². The monoisotopic (exact) mass is 742 g/mol. The molecule has 2 heteroatoms. The molecule has 0 N–H and O–H groups in total. The van der Waals surface area contributed by atoms with Crippen molar-refractivity contribution in [3.05, 3.63) is 249 Å². The molecular formula is C56H42N2. The van der Waals surface area contributed by atoms with Crippen LogP contribution in [0, 0.1) is 0 Å². The van der Waals surface area contributed by atoms with Gasteiger partial charge in [0, 0.05) is 28.1 Å². The second-order valence-corrected chi connectivity index (χ2v) is 14.2. The van der Waals surface area contributed by atoms with Crippen molar-refractivity contribution in [2.24, 2.45) is 0 Å². The summed E-state index contributed by atoms with van der Waals surface area (Å²) in [7, 11) is 0. The van der Waals surface area contributed by atoms with Crippen molar-refractivity contribution in [1.82, 2.24) is 0 Å². The molecule has 276 valence electrons. The Labute approximate surface area is 341 Å². The quantitative estimate of drug-likeness (QED) is 0.122. The molecule has 0 bridgehead atoms. The number of anilines is 6. The van der Waals surface area contributed by atoms with Gasteiger partial charge in [0.1, 0.15) is 0 Å². The van der Waals surface area contributed by atoms with E-state index in [9.17, 15) is 0 Å². The number of hydrogen-bond donors (Lipinski definition) is 0. The molecule has 0 aliphatic carbocycles. The van der Waals surface area contributed by atoms with E-state index in [1.54, 1.807) is 0 Å². The molecular weight excluding hydrogens is 701 g/mol. The Balaban J connectivity index is 1.06. The third kappa shape index (κ3) is 7.47. The Hall–Kier alpha value is -7.68. The highest BCUT2D eigenvalue weighted by Crippen LogP contribution is 2.42. The summed E-state index contributed by atoms with van der Waals surface area (Å²) in [5.74, 6) is 0. The number of benzene rings is 9. The second-order valence-electron chi connectivity index (χ2n) is 14.2. The molecule has 9 rings (SSSR count). The maximum Gasteiger partial charge on any atom is 0.0540 e. The summed E-state index contributed by atoms with van der Waals surface area (Å²) < 4.78 is 0. The molecule has 9 aromatic rings. The molecule has 0 unspecified atom stereocenters. The summed E-state index contributed by atoms with van der Waals surface area (Å²) in [5, 5.41) is 2.42. The molecule has 0 aliphatic rings. The third-order valence-electron chi connectivity index (χ3n) is 10.6. The van der Waals surface area contributed by atoms with Crippen molar-refractivity contribution in [3.63, 3.8) is 0 Å². The van der Waals surface area contributed by atoms with Crippen molar-refractivity contribution in [2.75, 3.05) is 9.80 Å². The van der Waals surface area contributed by atoms with Gasteiger partial charge in [0.05, 0.1) is 11.4 Å². The lowest BCUT2D eigenvalue weighted by Crippen LogP contribution is -2.11. The van der Waals surface area contributed by atoms with Crippen LogP contribution >= 0.6 is 0 Å². The number of hydrogen-bond acceptors (Lipinski definition) is 2. The van der Waals surface area contributed by atoms with Crippen LogP contribution in [0.15, 0.2) is 243 Å². The van der Waals surface area contributed by atoms with Gasteiger partial charge >= 0.3 is 0 Å². The fraction of sp³-hybridized carbons (Fsp3) is 0. The zero-order valence-electron chi connectivity index (χ0n) is 32.2. The van der Waals surface area contributed by atoms with Crippen molar-refractivity contribution in [3.8, 4) is 33.4 Å². The highest BCUT2D eigenvalue weighted by molar-refractivity contribution is 5.99.